The lowest BCUT2D eigenvalue weighted by molar-refractivity contribution is -0.133. The number of amides is 2. The number of rotatable bonds is 3. The molecule has 7 heteroatoms. The van der Waals surface area contributed by atoms with Crippen molar-refractivity contribution in [2.75, 3.05) is 24.6 Å². The van der Waals surface area contributed by atoms with Gasteiger partial charge in [-0.2, -0.15) is 11.8 Å². The van der Waals surface area contributed by atoms with Crippen molar-refractivity contribution in [1.82, 2.24) is 10.2 Å². The van der Waals surface area contributed by atoms with Gasteiger partial charge in [-0.25, -0.2) is 4.79 Å². The molecule has 17 heavy (non-hydrogen) atoms. The lowest BCUT2D eigenvalue weighted by atomic mass is 10.1. The van der Waals surface area contributed by atoms with E-state index in [4.69, 9.17) is 10.8 Å². The molecule has 0 aliphatic carbocycles. The minimum absolute atomic E-state index is 0.184. The van der Waals surface area contributed by atoms with E-state index in [2.05, 4.69) is 5.32 Å². The van der Waals surface area contributed by atoms with Gasteiger partial charge >= 0.3 is 6.09 Å². The zero-order chi connectivity index (χ0) is 13.1. The number of hydrogen-bond donors (Lipinski definition) is 3. The van der Waals surface area contributed by atoms with Crippen molar-refractivity contribution in [2.45, 2.75) is 25.4 Å². The van der Waals surface area contributed by atoms with Gasteiger partial charge < -0.3 is 21.1 Å². The molecular formula is C10H19N3O3S. The van der Waals surface area contributed by atoms with Gasteiger partial charge in [0, 0.05) is 30.1 Å². The first-order chi connectivity index (χ1) is 7.79. The van der Waals surface area contributed by atoms with Crippen LogP contribution in [0.15, 0.2) is 0 Å². The van der Waals surface area contributed by atoms with Crippen molar-refractivity contribution in [3.8, 4) is 0 Å². The first-order valence-electron chi connectivity index (χ1n) is 5.44. The van der Waals surface area contributed by atoms with E-state index in [1.54, 1.807) is 16.7 Å². The fourth-order valence-electron chi connectivity index (χ4n) is 1.68. The summed E-state index contributed by atoms with van der Waals surface area (Å²) < 4.78 is 0. The normalized spacial score (nSPS) is 22.2. The van der Waals surface area contributed by atoms with E-state index >= 15 is 0 Å². The Morgan fingerprint density at radius 2 is 2.35 bits per heavy atom. The highest BCUT2D eigenvalue weighted by Gasteiger charge is 2.30. The average molecular weight is 261 g/mol. The van der Waals surface area contributed by atoms with E-state index in [9.17, 15) is 9.59 Å². The van der Waals surface area contributed by atoms with Crippen LogP contribution in [-0.4, -0.2) is 58.2 Å². The Balaban J connectivity index is 2.70. The summed E-state index contributed by atoms with van der Waals surface area (Å²) in [4.78, 5) is 24.3. The molecule has 98 valence electrons. The van der Waals surface area contributed by atoms with Crippen LogP contribution in [0.3, 0.4) is 0 Å². The minimum atomic E-state index is -1.17. The van der Waals surface area contributed by atoms with Crippen molar-refractivity contribution in [3.63, 3.8) is 0 Å². The molecule has 0 bridgehead atoms. The van der Waals surface area contributed by atoms with Gasteiger partial charge in [0.05, 0.1) is 0 Å². The van der Waals surface area contributed by atoms with E-state index in [-0.39, 0.29) is 5.91 Å². The van der Waals surface area contributed by atoms with Crippen molar-refractivity contribution < 1.29 is 14.7 Å². The maximum absolute atomic E-state index is 12.1. The number of nitrogens with two attached hydrogens (primary N) is 1. The van der Waals surface area contributed by atoms with Gasteiger partial charge in [0.15, 0.2) is 0 Å². The number of carbonyl (C=O) groups excluding carboxylic acids is 1. The molecule has 1 heterocycles. The first-order valence-corrected chi connectivity index (χ1v) is 6.60. The van der Waals surface area contributed by atoms with Crippen LogP contribution >= 0.6 is 11.8 Å². The maximum atomic E-state index is 12.1. The number of nitrogens with one attached hydrogen (secondary N) is 1. The number of carboxylic acid groups (broad SMARTS) is 1. The zero-order valence-corrected chi connectivity index (χ0v) is 10.9. The molecule has 6 nitrogen and oxygen atoms in total. The fourth-order valence-corrected chi connectivity index (χ4v) is 2.66. The van der Waals surface area contributed by atoms with E-state index in [0.29, 0.717) is 18.8 Å². The lowest BCUT2D eigenvalue weighted by Gasteiger charge is -2.30. The topological polar surface area (TPSA) is 95.7 Å². The quantitative estimate of drug-likeness (QED) is 0.661. The standard InChI is InChI=1S/C10H19N3O3S/c1-10(2,11)6-13-3-4-17-5-7(8(13)14)12-9(15)16/h7,12H,3-6,11H2,1-2H3,(H,15,16). The molecule has 1 aliphatic rings. The number of thioether (sulfide) groups is 1. The zero-order valence-electron chi connectivity index (χ0n) is 10.1. The molecule has 1 atom stereocenters. The van der Waals surface area contributed by atoms with Crippen molar-refractivity contribution >= 4 is 23.8 Å². The Kier molecular flexibility index (Phi) is 4.64. The molecule has 1 rings (SSSR count). The van der Waals surface area contributed by atoms with E-state index < -0.39 is 17.7 Å². The molecule has 4 N–H and O–H groups in total. The number of carbonyl (C=O) groups is 2. The summed E-state index contributed by atoms with van der Waals surface area (Å²) in [5.74, 6) is 1.10. The van der Waals surface area contributed by atoms with Gasteiger partial charge in [0.2, 0.25) is 5.91 Å². The fraction of sp³-hybridized carbons (Fsp3) is 0.800. The Labute approximate surface area is 105 Å². The Hall–Kier alpha value is -0.950. The second-order valence-corrected chi connectivity index (χ2v) is 5.98. The second-order valence-electron chi connectivity index (χ2n) is 4.83. The smallest absolute Gasteiger partial charge is 0.405 e. The van der Waals surface area contributed by atoms with Crippen molar-refractivity contribution in [3.05, 3.63) is 0 Å². The van der Waals surface area contributed by atoms with Crippen LogP contribution in [0.25, 0.3) is 0 Å². The Morgan fingerprint density at radius 3 is 2.88 bits per heavy atom. The summed E-state index contributed by atoms with van der Waals surface area (Å²) in [5, 5.41) is 10.9. The van der Waals surface area contributed by atoms with Crippen LogP contribution in [0.5, 0.6) is 0 Å². The third-order valence-electron chi connectivity index (χ3n) is 2.30. The van der Waals surface area contributed by atoms with Crippen LogP contribution in [0.4, 0.5) is 4.79 Å². The predicted molar refractivity (Wildman–Crippen MR) is 67.1 cm³/mol. The van der Waals surface area contributed by atoms with Crippen LogP contribution in [0, 0.1) is 0 Å². The summed E-state index contributed by atoms with van der Waals surface area (Å²) in [6, 6.07) is -0.664. The summed E-state index contributed by atoms with van der Waals surface area (Å²) in [6.45, 7) is 4.74. The molecule has 1 unspecified atom stereocenters. The highest BCUT2D eigenvalue weighted by molar-refractivity contribution is 7.99. The van der Waals surface area contributed by atoms with Gasteiger partial charge in [-0.15, -0.1) is 0 Å². The predicted octanol–water partition coefficient (Wildman–Crippen LogP) is -0.0647. The lowest BCUT2D eigenvalue weighted by Crippen LogP contribution is -2.54. The molecule has 1 fully saturated rings. The number of hydrogen-bond acceptors (Lipinski definition) is 4. The van der Waals surface area contributed by atoms with Gasteiger partial charge in [0.1, 0.15) is 6.04 Å². The maximum Gasteiger partial charge on any atom is 0.405 e. The minimum Gasteiger partial charge on any atom is -0.465 e. The molecule has 0 spiro atoms. The van der Waals surface area contributed by atoms with E-state index in [1.807, 2.05) is 13.8 Å². The summed E-state index contributed by atoms with van der Waals surface area (Å²) >= 11 is 1.57. The first kappa shape index (κ1) is 14.1. The molecular weight excluding hydrogens is 242 g/mol. The van der Waals surface area contributed by atoms with Crippen LogP contribution in [0.1, 0.15) is 13.8 Å². The average Bonchev–Trinajstić information content (AvgIpc) is 2.30. The second kappa shape index (κ2) is 5.59. The SMILES string of the molecule is CC(C)(N)CN1CCSCC(NC(=O)O)C1=O. The molecule has 1 aliphatic heterocycles. The molecule has 0 aromatic carbocycles. The summed E-state index contributed by atoms with van der Waals surface area (Å²) in [7, 11) is 0. The highest BCUT2D eigenvalue weighted by Crippen LogP contribution is 2.14. The summed E-state index contributed by atoms with van der Waals surface area (Å²) in [5.41, 5.74) is 5.42. The van der Waals surface area contributed by atoms with Gasteiger partial charge in [0.25, 0.3) is 0 Å². The Bertz CT molecular complexity index is 304. The third-order valence-corrected chi connectivity index (χ3v) is 3.34. The molecule has 1 saturated heterocycles. The van der Waals surface area contributed by atoms with E-state index in [1.165, 1.54) is 0 Å². The largest absolute Gasteiger partial charge is 0.465 e. The molecule has 0 aromatic rings. The highest BCUT2D eigenvalue weighted by atomic mass is 32.2. The Morgan fingerprint density at radius 1 is 1.71 bits per heavy atom. The third kappa shape index (κ3) is 4.82. The van der Waals surface area contributed by atoms with Crippen LogP contribution in [0.2, 0.25) is 0 Å². The molecule has 2 amide bonds. The van der Waals surface area contributed by atoms with Gasteiger partial charge in [-0.3, -0.25) is 4.79 Å². The molecule has 0 saturated carbocycles. The summed E-state index contributed by atoms with van der Waals surface area (Å²) in [6.07, 6.45) is -1.17. The molecule has 0 radical (unpaired) electrons. The number of nitrogens with zero attached hydrogens (tertiary/aromatic N) is 1. The van der Waals surface area contributed by atoms with Gasteiger partial charge in [-0.05, 0) is 13.8 Å². The van der Waals surface area contributed by atoms with Crippen molar-refractivity contribution in [1.29, 1.82) is 0 Å². The monoisotopic (exact) mass is 261 g/mol. The van der Waals surface area contributed by atoms with Crippen LogP contribution < -0.4 is 11.1 Å². The van der Waals surface area contributed by atoms with Gasteiger partial charge in [-0.1, -0.05) is 0 Å². The van der Waals surface area contributed by atoms with Crippen LogP contribution in [-0.2, 0) is 4.79 Å². The van der Waals surface area contributed by atoms with Crippen molar-refractivity contribution in [2.24, 2.45) is 5.73 Å². The molecule has 0 aromatic heterocycles. The van der Waals surface area contributed by atoms with E-state index in [0.717, 1.165) is 5.75 Å².